The van der Waals surface area contributed by atoms with Crippen molar-refractivity contribution in [1.29, 1.82) is 0 Å². The summed E-state index contributed by atoms with van der Waals surface area (Å²) < 4.78 is 31.7. The van der Waals surface area contributed by atoms with E-state index < -0.39 is 23.0 Å². The summed E-state index contributed by atoms with van der Waals surface area (Å²) >= 11 is 0. The summed E-state index contributed by atoms with van der Waals surface area (Å²) in [5.74, 6) is -3.00. The highest BCUT2D eigenvalue weighted by Crippen LogP contribution is 2.21. The van der Waals surface area contributed by atoms with Gasteiger partial charge in [-0.25, -0.2) is 14.6 Å². The fourth-order valence-electron chi connectivity index (χ4n) is 3.87. The third kappa shape index (κ3) is 9.21. The summed E-state index contributed by atoms with van der Waals surface area (Å²) in [6.07, 6.45) is -5.08. The number of halogens is 3. The number of aromatic carboxylic acids is 1. The van der Waals surface area contributed by atoms with Crippen LogP contribution in [0.25, 0.3) is 0 Å². The van der Waals surface area contributed by atoms with Crippen LogP contribution >= 0.6 is 0 Å². The molecule has 1 aliphatic heterocycles. The zero-order valence-corrected chi connectivity index (χ0v) is 22.4. The number of nitro benzene ring substituents is 1. The van der Waals surface area contributed by atoms with Gasteiger partial charge in [0.15, 0.2) is 5.96 Å². The molecule has 0 unspecified atom stereocenters. The van der Waals surface area contributed by atoms with Crippen LogP contribution in [-0.2, 0) is 11.3 Å². The predicted molar refractivity (Wildman–Crippen MR) is 150 cm³/mol. The molecule has 222 valence electrons. The average molecular weight is 588 g/mol. The number of aliphatic imine (C=N–C) groups is 1. The Balaban J connectivity index is 0.000000616. The van der Waals surface area contributed by atoms with E-state index in [4.69, 9.17) is 20.0 Å². The van der Waals surface area contributed by atoms with Gasteiger partial charge in [-0.1, -0.05) is 29.8 Å². The molecule has 0 aromatic heterocycles. The lowest BCUT2D eigenvalue weighted by Gasteiger charge is -2.37. The lowest BCUT2D eigenvalue weighted by atomic mass is 10.1. The number of nitrogens with zero attached hydrogens (tertiary/aromatic N) is 4. The minimum absolute atomic E-state index is 0.0797. The Morgan fingerprint density at radius 1 is 0.929 bits per heavy atom. The van der Waals surface area contributed by atoms with Crippen LogP contribution in [0.1, 0.15) is 21.5 Å². The predicted octanol–water partition coefficient (Wildman–Crippen LogP) is 5.03. The summed E-state index contributed by atoms with van der Waals surface area (Å²) in [6.45, 7) is 5.46. The number of nitrogens with one attached hydrogen (secondary N) is 1. The smallest absolute Gasteiger partial charge is 0.478 e. The van der Waals surface area contributed by atoms with Gasteiger partial charge in [-0.05, 0) is 48.9 Å². The van der Waals surface area contributed by atoms with E-state index in [1.54, 1.807) is 36.4 Å². The first-order chi connectivity index (χ1) is 19.8. The topological polar surface area (TPSA) is 149 Å². The summed E-state index contributed by atoms with van der Waals surface area (Å²) in [5.41, 5.74) is 4.31. The van der Waals surface area contributed by atoms with E-state index >= 15 is 0 Å². The monoisotopic (exact) mass is 587 g/mol. The van der Waals surface area contributed by atoms with E-state index in [0.29, 0.717) is 19.6 Å². The third-order valence-corrected chi connectivity index (χ3v) is 6.17. The minimum atomic E-state index is -5.08. The van der Waals surface area contributed by atoms with Crippen molar-refractivity contribution in [2.24, 2.45) is 4.99 Å². The zero-order valence-electron chi connectivity index (χ0n) is 22.4. The number of carboxylic acid groups (broad SMARTS) is 2. The van der Waals surface area contributed by atoms with Crippen molar-refractivity contribution in [3.63, 3.8) is 0 Å². The molecule has 1 saturated heterocycles. The number of rotatable bonds is 6. The van der Waals surface area contributed by atoms with E-state index in [9.17, 15) is 28.1 Å². The molecule has 0 aliphatic carbocycles. The van der Waals surface area contributed by atoms with E-state index in [1.807, 2.05) is 6.92 Å². The van der Waals surface area contributed by atoms with Crippen molar-refractivity contribution in [3.8, 4) is 0 Å². The molecule has 4 rings (SSSR count). The second-order valence-electron chi connectivity index (χ2n) is 9.18. The van der Waals surface area contributed by atoms with Gasteiger partial charge >= 0.3 is 18.1 Å². The number of nitro groups is 1. The molecule has 42 heavy (non-hydrogen) atoms. The molecule has 1 fully saturated rings. The van der Waals surface area contributed by atoms with Gasteiger partial charge in [-0.15, -0.1) is 0 Å². The number of alkyl halides is 3. The first kappa shape index (κ1) is 31.4. The summed E-state index contributed by atoms with van der Waals surface area (Å²) in [6, 6.07) is 21.5. The normalized spacial score (nSPS) is 13.6. The zero-order chi connectivity index (χ0) is 30.9. The highest BCUT2D eigenvalue weighted by Gasteiger charge is 2.38. The second-order valence-corrected chi connectivity index (χ2v) is 9.18. The molecule has 0 spiro atoms. The number of anilines is 2. The quantitative estimate of drug-likeness (QED) is 0.156. The van der Waals surface area contributed by atoms with Crippen LogP contribution in [0.2, 0.25) is 0 Å². The number of benzene rings is 3. The largest absolute Gasteiger partial charge is 0.490 e. The van der Waals surface area contributed by atoms with Gasteiger partial charge in [0, 0.05) is 49.7 Å². The second kappa shape index (κ2) is 14.0. The van der Waals surface area contributed by atoms with E-state index in [1.165, 1.54) is 17.7 Å². The molecule has 0 amide bonds. The number of aliphatic carboxylic acids is 1. The molecule has 3 aromatic rings. The fourth-order valence-corrected chi connectivity index (χ4v) is 3.87. The molecule has 3 aromatic carbocycles. The Kier molecular flexibility index (Phi) is 10.4. The van der Waals surface area contributed by atoms with E-state index in [2.05, 4.69) is 39.4 Å². The average Bonchev–Trinajstić information content (AvgIpc) is 2.96. The maximum absolute atomic E-state index is 11.2. The number of hydrogen-bond acceptors (Lipinski definition) is 6. The van der Waals surface area contributed by atoms with Crippen LogP contribution in [0.4, 0.5) is 30.2 Å². The van der Waals surface area contributed by atoms with Gasteiger partial charge in [0.25, 0.3) is 5.69 Å². The van der Waals surface area contributed by atoms with Crippen molar-refractivity contribution in [3.05, 3.63) is 99.6 Å². The molecule has 3 N–H and O–H groups in total. The van der Waals surface area contributed by atoms with Gasteiger partial charge in [-0.3, -0.25) is 10.1 Å². The maximum atomic E-state index is 11.2. The molecule has 1 heterocycles. The van der Waals surface area contributed by atoms with Crippen molar-refractivity contribution in [1.82, 2.24) is 4.90 Å². The van der Waals surface area contributed by atoms with E-state index in [-0.39, 0.29) is 11.3 Å². The molecule has 0 bridgehead atoms. The number of guanidine groups is 1. The number of aryl methyl sites for hydroxylation is 1. The molecule has 0 atom stereocenters. The van der Waals surface area contributed by atoms with Crippen LogP contribution in [-0.4, -0.2) is 70.3 Å². The lowest BCUT2D eigenvalue weighted by molar-refractivity contribution is -0.384. The molecule has 1 aliphatic rings. The number of non-ortho nitro benzene ring substituents is 1. The van der Waals surface area contributed by atoms with Gasteiger partial charge in [0.2, 0.25) is 0 Å². The standard InChI is InChI=1S/C26H27N5O4.C2HF3O2/c1-19-2-4-20(5-3-19)18-27-26(28-22-8-6-21(7-9-22)25(32)33)30-16-14-29(15-17-30)23-10-12-24(13-11-23)31(34)35;3-2(4,5)1(6)7/h2-13H,14-18H2,1H3,(H,27,28)(H,32,33);(H,6,7). The maximum Gasteiger partial charge on any atom is 0.490 e. The van der Waals surface area contributed by atoms with Crippen LogP contribution < -0.4 is 10.2 Å². The SMILES string of the molecule is Cc1ccc(CN=C(Nc2ccc(C(=O)O)cc2)N2CCN(c3ccc([N+](=O)[O-])cc3)CC2)cc1.O=C(O)C(F)(F)F. The highest BCUT2D eigenvalue weighted by molar-refractivity contribution is 5.95. The number of piperazine rings is 1. The van der Waals surface area contributed by atoms with Crippen LogP contribution in [0, 0.1) is 17.0 Å². The lowest BCUT2D eigenvalue weighted by Crippen LogP contribution is -2.50. The van der Waals surface area contributed by atoms with Gasteiger partial charge < -0.3 is 25.3 Å². The summed E-state index contributed by atoms with van der Waals surface area (Å²) in [7, 11) is 0. The molecule has 0 radical (unpaired) electrons. The van der Waals surface area contributed by atoms with Crippen molar-refractivity contribution in [2.75, 3.05) is 36.4 Å². The van der Waals surface area contributed by atoms with Gasteiger partial charge in [0.1, 0.15) is 0 Å². The first-order valence-electron chi connectivity index (χ1n) is 12.6. The van der Waals surface area contributed by atoms with Crippen LogP contribution in [0.3, 0.4) is 0 Å². The summed E-state index contributed by atoms with van der Waals surface area (Å²) in [5, 5.41) is 30.6. The van der Waals surface area contributed by atoms with Gasteiger partial charge in [-0.2, -0.15) is 13.2 Å². The molecule has 0 saturated carbocycles. The Bertz CT molecular complexity index is 1400. The number of carbonyl (C=O) groups is 2. The van der Waals surface area contributed by atoms with Gasteiger partial charge in [0.05, 0.1) is 17.0 Å². The highest BCUT2D eigenvalue weighted by atomic mass is 19.4. The Hall–Kier alpha value is -5.14. The molecular formula is C28H28F3N5O6. The fraction of sp³-hybridized carbons (Fsp3) is 0.250. The van der Waals surface area contributed by atoms with Crippen LogP contribution in [0.15, 0.2) is 77.8 Å². The molecule has 11 nitrogen and oxygen atoms in total. The van der Waals surface area contributed by atoms with Crippen molar-refractivity contribution < 1.29 is 37.9 Å². The first-order valence-corrected chi connectivity index (χ1v) is 12.6. The Morgan fingerprint density at radius 2 is 1.48 bits per heavy atom. The third-order valence-electron chi connectivity index (χ3n) is 6.17. The molecular weight excluding hydrogens is 559 g/mol. The minimum Gasteiger partial charge on any atom is -0.478 e. The number of hydrogen-bond donors (Lipinski definition) is 3. The van der Waals surface area contributed by atoms with E-state index in [0.717, 1.165) is 36.0 Å². The molecule has 14 heteroatoms. The van der Waals surface area contributed by atoms with Crippen LogP contribution in [0.5, 0.6) is 0 Å². The number of carboxylic acids is 2. The Morgan fingerprint density at radius 3 is 1.95 bits per heavy atom. The Labute approximate surface area is 238 Å². The summed E-state index contributed by atoms with van der Waals surface area (Å²) in [4.78, 5) is 39.8. The van der Waals surface area contributed by atoms with Crippen molar-refractivity contribution >= 4 is 35.0 Å². The van der Waals surface area contributed by atoms with Crippen molar-refractivity contribution in [2.45, 2.75) is 19.6 Å².